The van der Waals surface area contributed by atoms with Crippen molar-refractivity contribution in [2.75, 3.05) is 96.0 Å². The van der Waals surface area contributed by atoms with E-state index in [0.717, 1.165) is 69.5 Å². The molecule has 0 radical (unpaired) electrons. The maximum absolute atomic E-state index is 12.0. The molecule has 0 fully saturated rings. The molecule has 1 atom stereocenters. The van der Waals surface area contributed by atoms with Gasteiger partial charge in [-0.3, -0.25) is 111 Å². The highest BCUT2D eigenvalue weighted by Gasteiger charge is 2.46. The molecule has 55 heteroatoms. The van der Waals surface area contributed by atoms with Gasteiger partial charge in [-0.25, -0.2) is 48.9 Å². The van der Waals surface area contributed by atoms with E-state index in [2.05, 4.69) is 155 Å². The van der Waals surface area contributed by atoms with E-state index in [-0.39, 0.29) is 146 Å². The van der Waals surface area contributed by atoms with Crippen molar-refractivity contribution in [1.29, 1.82) is 16.2 Å². The second-order valence-corrected chi connectivity index (χ2v) is 45.7. The van der Waals surface area contributed by atoms with Gasteiger partial charge in [-0.15, -0.1) is 37.2 Å². The van der Waals surface area contributed by atoms with E-state index in [1.54, 1.807) is 41.7 Å². The summed E-state index contributed by atoms with van der Waals surface area (Å²) in [5, 5.41) is 55.7. The van der Waals surface area contributed by atoms with Crippen LogP contribution in [0.25, 0.3) is 0 Å². The Bertz CT molecular complexity index is 4620. The number of rotatable bonds is 48. The summed E-state index contributed by atoms with van der Waals surface area (Å²) in [7, 11) is -4.89. The van der Waals surface area contributed by atoms with Crippen LogP contribution < -0.4 is 98.2 Å². The van der Waals surface area contributed by atoms with Crippen molar-refractivity contribution in [2.24, 2.45) is 23.1 Å². The molecule has 5 aromatic heterocycles. The number of aliphatic carboxylic acids is 1. The zero-order valence-corrected chi connectivity index (χ0v) is 83.4. The number of ketones is 2. The summed E-state index contributed by atoms with van der Waals surface area (Å²) in [6.07, 6.45) is 11.9. The fourth-order valence-corrected chi connectivity index (χ4v) is 22.3. The summed E-state index contributed by atoms with van der Waals surface area (Å²) < 4.78 is 23.7. The van der Waals surface area contributed by atoms with Gasteiger partial charge >= 0.3 is 50.9 Å². The van der Waals surface area contributed by atoms with Gasteiger partial charge in [0.15, 0.2) is 32.1 Å². The van der Waals surface area contributed by atoms with Crippen molar-refractivity contribution >= 4 is 209 Å². The number of carboxylic acids is 1. The van der Waals surface area contributed by atoms with E-state index in [1.165, 1.54) is 53.9 Å². The summed E-state index contributed by atoms with van der Waals surface area (Å²) in [6, 6.07) is 5.10. The molecule has 1 unspecified atom stereocenters. The summed E-state index contributed by atoms with van der Waals surface area (Å²) in [6.45, 7) is 23.6. The molecule has 726 valence electrons. The van der Waals surface area contributed by atoms with Crippen LogP contribution in [0.1, 0.15) is 144 Å². The highest BCUT2D eigenvalue weighted by Crippen LogP contribution is 2.26. The predicted octanol–water partition coefficient (Wildman–Crippen LogP) is 8.77. The molecule has 5 heterocycles. The van der Waals surface area contributed by atoms with Crippen molar-refractivity contribution < 1.29 is 65.7 Å². The Balaban J connectivity index is -0.00000154. The third-order valence-corrected chi connectivity index (χ3v) is 27.3. The van der Waals surface area contributed by atoms with Crippen molar-refractivity contribution in [1.82, 2.24) is 76.4 Å². The maximum atomic E-state index is 12.0. The van der Waals surface area contributed by atoms with Gasteiger partial charge in [0.25, 0.3) is 27.8 Å². The first-order chi connectivity index (χ1) is 59.2. The number of esters is 1. The van der Waals surface area contributed by atoms with Gasteiger partial charge in [-0.05, 0) is 132 Å². The Morgan fingerprint density at radius 1 is 0.434 bits per heavy atom. The van der Waals surface area contributed by atoms with E-state index >= 15 is 0 Å². The average Bonchev–Trinajstić information content (AvgIpc) is 0.800. The number of hydrogen-bond donors (Lipinski definition) is 23. The number of amidine groups is 3. The smallest absolute Gasteiger partial charge is 0.479 e. The van der Waals surface area contributed by atoms with Crippen LogP contribution in [-0.2, 0) is 36.6 Å². The number of anilines is 5. The Hall–Kier alpha value is -9.76. The molecule has 129 heavy (non-hydrogen) atoms. The normalized spacial score (nSPS) is 10.8. The van der Waals surface area contributed by atoms with Crippen LogP contribution >= 0.6 is 85.1 Å². The molecule has 0 spiro atoms. The molecule has 45 nitrogen and oxygen atoms in total. The quantitative estimate of drug-likeness (QED) is 0.00432. The molecule has 10 amide bonds. The van der Waals surface area contributed by atoms with Gasteiger partial charge in [-0.1, -0.05) is 67.4 Å². The second kappa shape index (κ2) is 69.2. The topological polar surface area (TPSA) is 709 Å². The van der Waals surface area contributed by atoms with E-state index < -0.39 is 67.5 Å². The lowest BCUT2D eigenvalue weighted by atomic mass is 10.0. The van der Waals surface area contributed by atoms with Gasteiger partial charge in [0.2, 0.25) is 29.7 Å². The van der Waals surface area contributed by atoms with Crippen molar-refractivity contribution in [2.45, 2.75) is 196 Å². The number of aryl methyl sites for hydroxylation is 5. The van der Waals surface area contributed by atoms with E-state index in [4.69, 9.17) is 55.9 Å². The number of nitrogens with zero attached hydrogens (tertiary/aromatic N) is 5. The summed E-state index contributed by atoms with van der Waals surface area (Å²) in [5.74, 6) is 0.278. The maximum Gasteiger partial charge on any atom is 0.479 e. The van der Waals surface area contributed by atoms with Crippen LogP contribution in [0, 0.1) is 56.8 Å². The third-order valence-electron chi connectivity index (χ3n) is 15.5. The van der Waals surface area contributed by atoms with Crippen molar-refractivity contribution in [3.05, 3.63) is 111 Å². The number of halogens is 3. The van der Waals surface area contributed by atoms with Crippen molar-refractivity contribution in [3.63, 3.8) is 0 Å². The molecule has 5 rings (SSSR count). The number of urea groups is 5. The standard InChI is InChI=1S/C18H30N6O4S.C16H24N4O5S.C16H34N4O5Si3.C14H22N6O3S.C10H16N6O2S.3ClH/c1-13-12-14(25)23-17(22-13)24-18(27)21-9-6-4-2-3-5-8-15(26)28-10-7-11-29-16(19)20;1-10-7-13(22)19-15(18-10)20-16(25)17-6-4-2-3-5-12(21)8-11(9-26)14(23)24;1-13-12-14(21)19-15(18-13)20-16(22)17-10-9-11-28(23-2,24-26(3,4)5)25-27(6,7)8;1-9-7-11(22)19-13(18-9)20-14(23)17-6-4-2-3-5-10(21)8-24-12(15)16;1-6-5-7(17)15-9(14-6)16-10(18)13-3-2-4-19-8(11)12;;;/h12H,2-11H2,1H3,(H3,19,20)(H3,21,22,23,24,25,27);7,11,26H,2-6,8-9H2,1H3,(H,23,24)(H3,17,18,19,20,22,25);12H,9-11H2,1-8H3,(H3,17,18,19,20,21,22);7H,2-6,8H2,1H3,(H3,15,16)(H3,17,18,19,20,22,23);5H,2-4H2,1H3,(H3,11,12)(H3,13,14,15,16,17,18);3*1H. The molecular weight excluding hydrogens is 1880 g/mol. The lowest BCUT2D eigenvalue weighted by Crippen LogP contribution is -2.56. The van der Waals surface area contributed by atoms with Gasteiger partial charge < -0.3 is 66.3 Å². The third kappa shape index (κ3) is 68.0. The molecule has 5 aromatic rings. The van der Waals surface area contributed by atoms with E-state index in [1.807, 2.05) is 0 Å². The number of ether oxygens (including phenoxy) is 1. The number of thioether (sulfide) groups is 3. The minimum absolute atomic E-state index is 0. The number of hydrogen-bond acceptors (Lipinski definition) is 30. The molecule has 0 saturated carbocycles. The molecule has 25 N–H and O–H groups in total. The van der Waals surface area contributed by atoms with E-state index in [0.29, 0.717) is 137 Å². The number of carboxylic acid groups (broad SMARTS) is 1. The zero-order valence-electron chi connectivity index (χ0n) is 74.6. The highest BCUT2D eigenvalue weighted by molar-refractivity contribution is 8.14. The molecular formula is C74H129Cl3N26O19S4Si3. The predicted molar refractivity (Wildman–Crippen MR) is 523 cm³/mol. The van der Waals surface area contributed by atoms with E-state index in [9.17, 15) is 67.1 Å². The van der Waals surface area contributed by atoms with Crippen LogP contribution in [-0.4, -0.2) is 219 Å². The SMILES string of the molecule is CO[Si](CCCNC(=O)Nc1nc(C)cc(=O)[nH]1)(O[Si](C)(C)C)O[Si](C)(C)C.Cc1cc(=O)[nH]c(NC(=O)NCCCCCC(=O)CC(CS)C(=O)O)n1.Cc1cc(=O)[nH]c(NC(=O)NCCCCCC(=O)CSC(=N)N)n1.Cc1cc(=O)[nH]c(NC(=O)NCCCCCCCC(=O)OCCCSC(=N)N)n1.Cc1cc(=O)[nH]c(NC(=O)NCCCSC(=N)N)n1.Cl.Cl.Cl. The van der Waals surface area contributed by atoms with Gasteiger partial charge in [0, 0.05) is 148 Å². The minimum Gasteiger partial charge on any atom is -0.481 e. The molecule has 0 aliphatic carbocycles. The molecule has 0 bridgehead atoms. The second-order valence-electron chi connectivity index (χ2n) is 29.6. The Kier molecular flexibility index (Phi) is 66.2. The Morgan fingerprint density at radius 2 is 0.721 bits per heavy atom. The number of aromatic nitrogens is 10. The number of Topliss-reactive ketones (excluding diaryl/α,β-unsaturated/α-hetero) is 2. The van der Waals surface area contributed by atoms with Gasteiger partial charge in [-0.2, -0.15) is 12.6 Å². The van der Waals surface area contributed by atoms with Gasteiger partial charge in [0.1, 0.15) is 11.6 Å². The highest BCUT2D eigenvalue weighted by atomic mass is 35.5. The molecule has 0 aliphatic rings. The van der Waals surface area contributed by atoms with Crippen LogP contribution in [0.2, 0.25) is 45.3 Å². The summed E-state index contributed by atoms with van der Waals surface area (Å²) in [4.78, 5) is 193. The Morgan fingerprint density at radius 3 is 1.02 bits per heavy atom. The first kappa shape index (κ1) is 123. The number of nitrogens with one attached hydrogen (secondary N) is 18. The number of amides is 10. The monoisotopic (exact) mass is 2000 g/mol. The lowest BCUT2D eigenvalue weighted by molar-refractivity contribution is -0.144. The first-order valence-corrected chi connectivity index (χ1v) is 52.6. The number of aromatic amines is 5. The average molecular weight is 2010 g/mol. The van der Waals surface area contributed by atoms with Crippen LogP contribution in [0.15, 0.2) is 54.3 Å². The number of H-pyrrole nitrogens is 5. The minimum atomic E-state index is -2.81. The first-order valence-electron chi connectivity index (χ1n) is 40.3. The zero-order chi connectivity index (χ0) is 94.8. The van der Waals surface area contributed by atoms with Crippen molar-refractivity contribution in [3.8, 4) is 0 Å². The molecule has 0 aromatic carbocycles. The number of carbonyl (C=O) groups is 9. The molecule has 0 aliphatic heterocycles. The van der Waals surface area contributed by atoms with Crippen LogP contribution in [0.4, 0.5) is 53.7 Å². The van der Waals surface area contributed by atoms with Crippen LogP contribution in [0.5, 0.6) is 0 Å². The van der Waals surface area contributed by atoms with Gasteiger partial charge in [0.05, 0.1) is 18.3 Å². The number of unbranched alkanes of at least 4 members (excludes halogenated alkanes) is 8. The number of carbonyl (C=O) groups excluding carboxylic acids is 8. The summed E-state index contributed by atoms with van der Waals surface area (Å²) >= 11 is 7.42. The summed E-state index contributed by atoms with van der Waals surface area (Å²) in [5.41, 5.74) is 16.5. The fourth-order valence-electron chi connectivity index (χ4n) is 10.3. The number of nitrogens with two attached hydrogens (primary N) is 3. The van der Waals surface area contributed by atoms with Crippen LogP contribution in [0.3, 0.4) is 0 Å². The number of thiol groups is 1. The molecule has 0 saturated heterocycles. The largest absolute Gasteiger partial charge is 0.481 e. The fraction of sp³-hybridized carbons (Fsp3) is 0.568. The Labute approximate surface area is 787 Å². The lowest BCUT2D eigenvalue weighted by Gasteiger charge is -2.38.